The van der Waals surface area contributed by atoms with Crippen LogP contribution < -0.4 is 14.2 Å². The number of ether oxygens (including phenoxy) is 3. The second-order valence-corrected chi connectivity index (χ2v) is 14.1. The molecule has 0 saturated carbocycles. The quantitative estimate of drug-likeness (QED) is 0.105. The van der Waals surface area contributed by atoms with Crippen LogP contribution in [0.3, 0.4) is 0 Å². The molecule has 13 heteroatoms. The molecule has 59 heavy (non-hydrogen) atoms. The summed E-state index contributed by atoms with van der Waals surface area (Å²) in [4.78, 5) is 21.1. The van der Waals surface area contributed by atoms with E-state index in [1.807, 2.05) is 119 Å². The molecule has 0 spiro atoms. The molecule has 4 aromatic carbocycles. The number of hydrogen-bond donors (Lipinski definition) is 1. The summed E-state index contributed by atoms with van der Waals surface area (Å²) in [6, 6.07) is 33.8. The summed E-state index contributed by atoms with van der Waals surface area (Å²) in [6.45, 7) is 3.67. The maximum atomic E-state index is 9.32. The first-order valence-electron chi connectivity index (χ1n) is 18.9. The predicted octanol–water partition coefficient (Wildman–Crippen LogP) is 9.37. The molecule has 304 valence electrons. The van der Waals surface area contributed by atoms with Crippen molar-refractivity contribution in [3.8, 4) is 45.9 Å². The van der Waals surface area contributed by atoms with E-state index in [9.17, 15) is 5.11 Å². The number of benzene rings is 4. The molecule has 0 aliphatic heterocycles. The van der Waals surface area contributed by atoms with Crippen LogP contribution in [-0.4, -0.2) is 89.3 Å². The van der Waals surface area contributed by atoms with Crippen molar-refractivity contribution >= 4 is 33.8 Å². The Hall–Kier alpha value is -6.47. The van der Waals surface area contributed by atoms with Crippen molar-refractivity contribution < 1.29 is 28.2 Å². The van der Waals surface area contributed by atoms with Gasteiger partial charge in [-0.2, -0.15) is 0 Å². The lowest BCUT2D eigenvalue weighted by atomic mass is 10.2. The second-order valence-electron chi connectivity index (χ2n) is 13.8. The zero-order valence-corrected chi connectivity index (χ0v) is 34.2. The SMILES string of the molecule is CN(C)CCOc1ccc(CCl)cc1.CN(C)CCOc1ccc(COc2ccc3oc(-c4cccnc4)nc3c2)cc1.Oc1ccc2oc(-c3cccnc3)nc2c1. The van der Waals surface area contributed by atoms with Gasteiger partial charge in [-0.05, 0) is 112 Å². The molecule has 0 bridgehead atoms. The number of alkyl halides is 1. The van der Waals surface area contributed by atoms with Crippen molar-refractivity contribution in [3.63, 3.8) is 0 Å². The van der Waals surface area contributed by atoms with Crippen molar-refractivity contribution in [2.45, 2.75) is 12.5 Å². The van der Waals surface area contributed by atoms with Gasteiger partial charge in [0.05, 0.1) is 11.1 Å². The van der Waals surface area contributed by atoms with Crippen LogP contribution in [0.25, 0.3) is 45.1 Å². The molecule has 8 rings (SSSR count). The highest BCUT2D eigenvalue weighted by Crippen LogP contribution is 2.28. The first kappa shape index (κ1) is 42.1. The van der Waals surface area contributed by atoms with Gasteiger partial charge in [0.1, 0.15) is 53.9 Å². The van der Waals surface area contributed by atoms with E-state index in [0.717, 1.165) is 63.7 Å². The van der Waals surface area contributed by atoms with Crippen molar-refractivity contribution in [1.82, 2.24) is 29.7 Å². The summed E-state index contributed by atoms with van der Waals surface area (Å²) in [5.74, 6) is 4.30. The number of likely N-dealkylation sites (N-methyl/N-ethyl adjacent to an activating group) is 2. The van der Waals surface area contributed by atoms with E-state index >= 15 is 0 Å². The average Bonchev–Trinajstić information content (AvgIpc) is 3.89. The predicted molar refractivity (Wildman–Crippen MR) is 231 cm³/mol. The Morgan fingerprint density at radius 2 is 1.07 bits per heavy atom. The Labute approximate surface area is 348 Å². The molecular weight excluding hydrogens is 768 g/mol. The number of nitrogens with zero attached hydrogens (tertiary/aromatic N) is 6. The minimum atomic E-state index is 0.179. The number of fused-ring (bicyclic) bond motifs is 2. The van der Waals surface area contributed by atoms with Gasteiger partial charge in [-0.1, -0.05) is 24.3 Å². The number of phenols is 1. The third kappa shape index (κ3) is 13.0. The molecule has 0 amide bonds. The largest absolute Gasteiger partial charge is 0.508 e. The highest BCUT2D eigenvalue weighted by atomic mass is 35.5. The normalized spacial score (nSPS) is 10.9. The standard InChI is InChI=1S/C23H23N3O3.C12H8N2O2.C11H16ClNO/c1-26(2)12-13-27-19-7-5-17(6-8-19)16-28-20-9-10-22-21(14-20)25-23(29-22)18-4-3-11-24-15-18;15-9-3-4-11-10(6-9)14-12(16-11)8-2-1-5-13-7-8;1-13(2)7-8-14-11-5-3-10(9-12)4-6-11/h3-11,14-15H,12-13,16H2,1-2H3;1-7,15H;3-6H,7-9H2,1-2H3. The van der Waals surface area contributed by atoms with Crippen LogP contribution in [0, 0.1) is 0 Å². The van der Waals surface area contributed by atoms with Gasteiger partial charge in [-0.3, -0.25) is 9.97 Å². The number of pyridine rings is 2. The second kappa shape index (κ2) is 21.3. The molecule has 0 aliphatic carbocycles. The minimum Gasteiger partial charge on any atom is -0.508 e. The van der Waals surface area contributed by atoms with E-state index in [1.165, 1.54) is 0 Å². The molecule has 8 aromatic rings. The fourth-order valence-corrected chi connectivity index (χ4v) is 5.53. The van der Waals surface area contributed by atoms with E-state index in [0.29, 0.717) is 48.6 Å². The van der Waals surface area contributed by atoms with Crippen LogP contribution in [0.5, 0.6) is 23.0 Å². The molecule has 4 aromatic heterocycles. The molecule has 0 saturated heterocycles. The Morgan fingerprint density at radius 1 is 0.576 bits per heavy atom. The lowest BCUT2D eigenvalue weighted by Crippen LogP contribution is -2.19. The first-order valence-corrected chi connectivity index (χ1v) is 19.5. The number of rotatable bonds is 14. The zero-order valence-electron chi connectivity index (χ0n) is 33.5. The summed E-state index contributed by atoms with van der Waals surface area (Å²) >= 11 is 5.68. The summed E-state index contributed by atoms with van der Waals surface area (Å²) in [6.07, 6.45) is 6.83. The Morgan fingerprint density at radius 3 is 1.56 bits per heavy atom. The summed E-state index contributed by atoms with van der Waals surface area (Å²) in [5, 5.41) is 9.32. The molecule has 0 aliphatic rings. The third-order valence-electron chi connectivity index (χ3n) is 8.57. The van der Waals surface area contributed by atoms with Crippen LogP contribution in [-0.2, 0) is 12.5 Å². The Bertz CT molecular complexity index is 2460. The number of hydrogen-bond acceptors (Lipinski definition) is 12. The lowest BCUT2D eigenvalue weighted by Gasteiger charge is -2.11. The van der Waals surface area contributed by atoms with Gasteiger partial charge in [0.25, 0.3) is 0 Å². The fraction of sp³-hybridized carbons (Fsp3) is 0.217. The number of aromatic nitrogens is 4. The van der Waals surface area contributed by atoms with Crippen LogP contribution in [0.2, 0.25) is 0 Å². The molecule has 1 N–H and O–H groups in total. The van der Waals surface area contributed by atoms with Crippen LogP contribution in [0.1, 0.15) is 11.1 Å². The minimum absolute atomic E-state index is 0.179. The molecule has 0 radical (unpaired) electrons. The van der Waals surface area contributed by atoms with Gasteiger partial charge in [0.15, 0.2) is 11.2 Å². The van der Waals surface area contributed by atoms with Gasteiger partial charge >= 0.3 is 0 Å². The van der Waals surface area contributed by atoms with E-state index in [1.54, 1.807) is 43.0 Å². The number of halogens is 1. The van der Waals surface area contributed by atoms with E-state index in [4.69, 9.17) is 34.6 Å². The lowest BCUT2D eigenvalue weighted by molar-refractivity contribution is 0.261. The smallest absolute Gasteiger partial charge is 0.228 e. The van der Waals surface area contributed by atoms with Gasteiger partial charge < -0.3 is 38.0 Å². The number of phenolic OH excluding ortho intramolecular Hbond substituents is 1. The number of aromatic hydroxyl groups is 1. The van der Waals surface area contributed by atoms with E-state index in [2.05, 4.69) is 29.7 Å². The first-order chi connectivity index (χ1) is 28.7. The third-order valence-corrected chi connectivity index (χ3v) is 8.88. The summed E-state index contributed by atoms with van der Waals surface area (Å²) in [7, 11) is 8.11. The summed E-state index contributed by atoms with van der Waals surface area (Å²) < 4.78 is 28.5. The van der Waals surface area contributed by atoms with E-state index in [-0.39, 0.29) is 5.75 Å². The van der Waals surface area contributed by atoms with Crippen LogP contribution in [0.4, 0.5) is 0 Å². The van der Waals surface area contributed by atoms with Gasteiger partial charge in [0, 0.05) is 55.9 Å². The maximum absolute atomic E-state index is 9.32. The Balaban J connectivity index is 0.000000164. The van der Waals surface area contributed by atoms with Crippen molar-refractivity contribution in [3.05, 3.63) is 145 Å². The molecule has 0 fully saturated rings. The average molecular weight is 815 g/mol. The van der Waals surface area contributed by atoms with Crippen molar-refractivity contribution in [2.24, 2.45) is 0 Å². The molecule has 12 nitrogen and oxygen atoms in total. The van der Waals surface area contributed by atoms with Crippen LogP contribution >= 0.6 is 11.6 Å². The molecular formula is C46H47ClN6O6. The van der Waals surface area contributed by atoms with Gasteiger partial charge in [0.2, 0.25) is 11.8 Å². The van der Waals surface area contributed by atoms with Gasteiger partial charge in [-0.25, -0.2) is 9.97 Å². The molecule has 4 heterocycles. The molecule has 0 unspecified atom stereocenters. The van der Waals surface area contributed by atoms with Crippen molar-refractivity contribution in [2.75, 3.05) is 54.5 Å². The number of oxazole rings is 2. The fourth-order valence-electron chi connectivity index (χ4n) is 5.35. The highest BCUT2D eigenvalue weighted by molar-refractivity contribution is 6.17. The summed E-state index contributed by atoms with van der Waals surface area (Å²) in [5.41, 5.74) is 6.61. The highest BCUT2D eigenvalue weighted by Gasteiger charge is 2.10. The van der Waals surface area contributed by atoms with Crippen molar-refractivity contribution in [1.29, 1.82) is 0 Å². The maximum Gasteiger partial charge on any atom is 0.228 e. The monoisotopic (exact) mass is 814 g/mol. The molecule has 0 atom stereocenters. The Kier molecular flexibility index (Phi) is 15.2. The van der Waals surface area contributed by atoms with E-state index < -0.39 is 0 Å². The van der Waals surface area contributed by atoms with Crippen LogP contribution in [0.15, 0.2) is 143 Å². The van der Waals surface area contributed by atoms with Gasteiger partial charge in [-0.15, -0.1) is 11.6 Å². The topological polar surface area (TPSA) is 132 Å². The zero-order chi connectivity index (χ0) is 41.4.